The first-order valence-electron chi connectivity index (χ1n) is 5.44. The molecule has 0 aliphatic heterocycles. The molecule has 1 aromatic heterocycles. The Bertz CT molecular complexity index is 663. The zero-order valence-corrected chi connectivity index (χ0v) is 9.53. The monoisotopic (exact) mass is 245 g/mol. The van der Waals surface area contributed by atoms with Crippen molar-refractivity contribution >= 4 is 17.0 Å². The molecule has 0 unspecified atom stereocenters. The molecule has 0 aliphatic rings. The van der Waals surface area contributed by atoms with E-state index >= 15 is 0 Å². The summed E-state index contributed by atoms with van der Waals surface area (Å²) in [6.45, 7) is 0.452. The molecule has 2 aromatic rings. The van der Waals surface area contributed by atoms with E-state index in [0.717, 1.165) is 5.56 Å². The van der Waals surface area contributed by atoms with Gasteiger partial charge in [0.2, 0.25) is 5.91 Å². The molecule has 1 heterocycles. The van der Waals surface area contributed by atoms with Crippen LogP contribution in [0.25, 0.3) is 11.1 Å². The molecule has 0 saturated heterocycles. The Labute approximate surface area is 102 Å². The number of H-pyrrole nitrogens is 1. The minimum Gasteiger partial charge on any atom is -0.408 e. The van der Waals surface area contributed by atoms with Crippen LogP contribution in [-0.4, -0.2) is 17.4 Å². The second kappa shape index (κ2) is 5.19. The van der Waals surface area contributed by atoms with Gasteiger partial charge in [0, 0.05) is 6.54 Å². The van der Waals surface area contributed by atoms with Crippen molar-refractivity contribution in [2.24, 2.45) is 0 Å². The zero-order chi connectivity index (χ0) is 13.0. The maximum atomic E-state index is 11.1. The molecule has 0 radical (unpaired) electrons. The van der Waals surface area contributed by atoms with Gasteiger partial charge in [0.15, 0.2) is 5.58 Å². The number of hydrogen-bond acceptors (Lipinski definition) is 4. The minimum absolute atomic E-state index is 0.131. The first kappa shape index (κ1) is 11.9. The molecule has 0 atom stereocenters. The number of rotatable bonds is 4. The summed E-state index contributed by atoms with van der Waals surface area (Å²) < 4.78 is 4.88. The lowest BCUT2D eigenvalue weighted by Gasteiger charge is -2.02. The molecule has 2 rings (SSSR count). The van der Waals surface area contributed by atoms with Crippen LogP contribution in [0.5, 0.6) is 0 Å². The zero-order valence-electron chi connectivity index (χ0n) is 9.53. The van der Waals surface area contributed by atoms with E-state index in [-0.39, 0.29) is 12.3 Å². The highest BCUT2D eigenvalue weighted by atomic mass is 16.4. The van der Waals surface area contributed by atoms with Crippen molar-refractivity contribution in [2.75, 3.05) is 6.54 Å². The van der Waals surface area contributed by atoms with Crippen LogP contribution in [0.3, 0.4) is 0 Å². The number of benzene rings is 1. The molecule has 18 heavy (non-hydrogen) atoms. The highest BCUT2D eigenvalue weighted by Crippen LogP contribution is 2.12. The van der Waals surface area contributed by atoms with Gasteiger partial charge < -0.3 is 9.73 Å². The van der Waals surface area contributed by atoms with E-state index in [1.807, 2.05) is 6.07 Å². The average molecular weight is 245 g/mol. The quantitative estimate of drug-likeness (QED) is 0.827. The molecule has 2 N–H and O–H groups in total. The Morgan fingerprint density at radius 2 is 2.33 bits per heavy atom. The van der Waals surface area contributed by atoms with Crippen LogP contribution in [0.1, 0.15) is 12.0 Å². The maximum absolute atomic E-state index is 11.1. The van der Waals surface area contributed by atoms with Crippen molar-refractivity contribution in [3.8, 4) is 6.07 Å². The number of aromatic amines is 1. The van der Waals surface area contributed by atoms with E-state index in [4.69, 9.17) is 9.68 Å². The Balaban J connectivity index is 1.98. The van der Waals surface area contributed by atoms with Crippen LogP contribution in [0, 0.1) is 11.3 Å². The van der Waals surface area contributed by atoms with Crippen molar-refractivity contribution in [3.63, 3.8) is 0 Å². The second-order valence-corrected chi connectivity index (χ2v) is 3.78. The molecule has 6 nitrogen and oxygen atoms in total. The number of aromatic nitrogens is 1. The molecular weight excluding hydrogens is 234 g/mol. The van der Waals surface area contributed by atoms with Crippen LogP contribution >= 0.6 is 0 Å². The number of amides is 1. The highest BCUT2D eigenvalue weighted by Gasteiger charge is 2.03. The third-order valence-corrected chi connectivity index (χ3v) is 2.46. The number of oxazole rings is 1. The van der Waals surface area contributed by atoms with E-state index < -0.39 is 5.76 Å². The summed E-state index contributed by atoms with van der Waals surface area (Å²) in [5.41, 5.74) is 2.12. The van der Waals surface area contributed by atoms with Gasteiger partial charge >= 0.3 is 5.76 Å². The number of carbonyl (C=O) groups excluding carboxylic acids is 1. The van der Waals surface area contributed by atoms with Gasteiger partial charge in [-0.2, -0.15) is 5.26 Å². The van der Waals surface area contributed by atoms with Crippen LogP contribution in [0.15, 0.2) is 27.4 Å². The second-order valence-electron chi connectivity index (χ2n) is 3.78. The fraction of sp³-hybridized carbons (Fsp3) is 0.250. The average Bonchev–Trinajstić information content (AvgIpc) is 2.69. The van der Waals surface area contributed by atoms with E-state index in [2.05, 4.69) is 10.3 Å². The molecule has 6 heteroatoms. The van der Waals surface area contributed by atoms with E-state index in [9.17, 15) is 9.59 Å². The molecule has 0 bridgehead atoms. The van der Waals surface area contributed by atoms with Crippen molar-refractivity contribution in [1.82, 2.24) is 10.3 Å². The summed E-state index contributed by atoms with van der Waals surface area (Å²) in [7, 11) is 0. The largest absolute Gasteiger partial charge is 0.417 e. The van der Waals surface area contributed by atoms with Crippen molar-refractivity contribution < 1.29 is 9.21 Å². The molecule has 1 aromatic carbocycles. The molecule has 0 fully saturated rings. The van der Waals surface area contributed by atoms with Gasteiger partial charge in [-0.05, 0) is 24.1 Å². The SMILES string of the molecule is N#CCC(=O)NCCc1ccc2oc(=O)[nH]c2c1. The molecular formula is C12H11N3O3. The Morgan fingerprint density at radius 3 is 3.11 bits per heavy atom. The van der Waals surface area contributed by atoms with Crippen LogP contribution in [0.2, 0.25) is 0 Å². The summed E-state index contributed by atoms with van der Waals surface area (Å²) in [5, 5.41) is 10.9. The predicted molar refractivity (Wildman–Crippen MR) is 63.8 cm³/mol. The van der Waals surface area contributed by atoms with Crippen molar-refractivity contribution in [1.29, 1.82) is 5.26 Å². The summed E-state index contributed by atoms with van der Waals surface area (Å²) >= 11 is 0. The normalized spacial score (nSPS) is 10.2. The Morgan fingerprint density at radius 1 is 1.50 bits per heavy atom. The standard InChI is InChI=1S/C12H11N3O3/c13-5-3-11(16)14-6-4-8-1-2-10-9(7-8)15-12(17)18-10/h1-2,7H,3-4,6H2,(H,14,16)(H,15,17). The summed E-state index contributed by atoms with van der Waals surface area (Å²) in [4.78, 5) is 24.6. The number of nitriles is 1. The number of carbonyl (C=O) groups is 1. The molecule has 1 amide bonds. The maximum Gasteiger partial charge on any atom is 0.417 e. The van der Waals surface area contributed by atoms with Gasteiger partial charge in [0.25, 0.3) is 0 Å². The molecule has 0 spiro atoms. The summed E-state index contributed by atoms with van der Waals surface area (Å²) in [6, 6.07) is 7.12. The summed E-state index contributed by atoms with van der Waals surface area (Å²) in [5.74, 6) is -0.764. The van der Waals surface area contributed by atoms with Crippen molar-refractivity contribution in [2.45, 2.75) is 12.8 Å². The van der Waals surface area contributed by atoms with Gasteiger partial charge in [-0.15, -0.1) is 0 Å². The highest BCUT2D eigenvalue weighted by molar-refractivity contribution is 5.78. The lowest BCUT2D eigenvalue weighted by Crippen LogP contribution is -2.24. The van der Waals surface area contributed by atoms with Crippen LogP contribution < -0.4 is 11.1 Å². The van der Waals surface area contributed by atoms with Gasteiger partial charge in [-0.3, -0.25) is 9.78 Å². The molecule has 0 aliphatic carbocycles. The number of nitrogens with zero attached hydrogens (tertiary/aromatic N) is 1. The fourth-order valence-corrected chi connectivity index (χ4v) is 1.64. The smallest absolute Gasteiger partial charge is 0.408 e. The Kier molecular flexibility index (Phi) is 3.44. The third-order valence-electron chi connectivity index (χ3n) is 2.46. The fourth-order valence-electron chi connectivity index (χ4n) is 1.64. The van der Waals surface area contributed by atoms with Gasteiger partial charge in [-0.1, -0.05) is 6.07 Å². The minimum atomic E-state index is -0.482. The van der Waals surface area contributed by atoms with Crippen LogP contribution in [-0.2, 0) is 11.2 Å². The molecule has 0 saturated carbocycles. The van der Waals surface area contributed by atoms with E-state index in [0.29, 0.717) is 24.1 Å². The lowest BCUT2D eigenvalue weighted by atomic mass is 10.1. The topological polar surface area (TPSA) is 98.9 Å². The predicted octanol–water partition coefficient (Wildman–Crippen LogP) is 0.693. The Hall–Kier alpha value is -2.55. The number of fused-ring (bicyclic) bond motifs is 1. The third kappa shape index (κ3) is 2.77. The summed E-state index contributed by atoms with van der Waals surface area (Å²) in [6.07, 6.45) is 0.494. The number of nitrogens with one attached hydrogen (secondary N) is 2. The van der Waals surface area contributed by atoms with E-state index in [1.54, 1.807) is 18.2 Å². The lowest BCUT2D eigenvalue weighted by molar-refractivity contribution is -0.120. The van der Waals surface area contributed by atoms with E-state index in [1.165, 1.54) is 0 Å². The first-order chi connectivity index (χ1) is 8.69. The number of hydrogen-bond donors (Lipinski definition) is 2. The van der Waals surface area contributed by atoms with Gasteiger partial charge in [0.05, 0.1) is 11.6 Å². The first-order valence-corrected chi connectivity index (χ1v) is 5.44. The van der Waals surface area contributed by atoms with Gasteiger partial charge in [-0.25, -0.2) is 4.79 Å². The van der Waals surface area contributed by atoms with Gasteiger partial charge in [0.1, 0.15) is 6.42 Å². The van der Waals surface area contributed by atoms with Crippen LogP contribution in [0.4, 0.5) is 0 Å². The molecule has 92 valence electrons. The van der Waals surface area contributed by atoms with Crippen molar-refractivity contribution in [3.05, 3.63) is 34.3 Å².